The molecule has 0 fully saturated rings. The first-order chi connectivity index (χ1) is 9.61. The summed E-state index contributed by atoms with van der Waals surface area (Å²) >= 11 is 0. The highest BCUT2D eigenvalue weighted by Gasteiger charge is 2.25. The fourth-order valence-corrected chi connectivity index (χ4v) is 1.80. The standard InChI is InChI=1S/C16H16N2O2/c1-17(2)16(20)18(14-11-7-4-8-12-14)15(19)13-9-5-3-6-10-13/h3-12H,1-2H3. The molecule has 0 aliphatic carbocycles. The van der Waals surface area contributed by atoms with Crippen molar-refractivity contribution >= 4 is 17.6 Å². The number of carbonyl (C=O) groups excluding carboxylic acids is 2. The van der Waals surface area contributed by atoms with Gasteiger partial charge in [0.2, 0.25) is 0 Å². The highest BCUT2D eigenvalue weighted by atomic mass is 16.2. The molecule has 0 spiro atoms. The molecule has 4 heteroatoms. The summed E-state index contributed by atoms with van der Waals surface area (Å²) < 4.78 is 0. The number of rotatable bonds is 2. The number of urea groups is 1. The Bertz CT molecular complexity index is 594. The van der Waals surface area contributed by atoms with E-state index in [0.717, 1.165) is 0 Å². The van der Waals surface area contributed by atoms with Gasteiger partial charge in [0, 0.05) is 19.7 Å². The Hall–Kier alpha value is -2.62. The van der Waals surface area contributed by atoms with E-state index in [9.17, 15) is 9.59 Å². The maximum absolute atomic E-state index is 12.6. The number of benzene rings is 2. The van der Waals surface area contributed by atoms with Gasteiger partial charge in [-0.2, -0.15) is 0 Å². The first-order valence-corrected chi connectivity index (χ1v) is 6.27. The third kappa shape index (κ3) is 2.85. The third-order valence-electron chi connectivity index (χ3n) is 2.81. The number of amides is 3. The van der Waals surface area contributed by atoms with Gasteiger partial charge in [-0.05, 0) is 24.3 Å². The summed E-state index contributed by atoms with van der Waals surface area (Å²) in [5.74, 6) is -0.337. The molecule has 3 amide bonds. The summed E-state index contributed by atoms with van der Waals surface area (Å²) in [6, 6.07) is 17.3. The molecule has 2 aromatic carbocycles. The molecule has 0 saturated carbocycles. The summed E-state index contributed by atoms with van der Waals surface area (Å²) in [6.07, 6.45) is 0. The molecule has 0 heterocycles. The van der Waals surface area contributed by atoms with Gasteiger partial charge in [-0.1, -0.05) is 36.4 Å². The van der Waals surface area contributed by atoms with E-state index in [0.29, 0.717) is 11.3 Å². The molecule has 0 bridgehead atoms. The number of nitrogens with zero attached hydrogens (tertiary/aromatic N) is 2. The Kier molecular flexibility index (Phi) is 4.15. The lowest BCUT2D eigenvalue weighted by Gasteiger charge is -2.24. The van der Waals surface area contributed by atoms with Gasteiger partial charge in [0.05, 0.1) is 5.69 Å². The first kappa shape index (κ1) is 13.8. The molecule has 0 saturated heterocycles. The van der Waals surface area contributed by atoms with E-state index in [1.54, 1.807) is 62.6 Å². The molecule has 0 N–H and O–H groups in total. The van der Waals surface area contributed by atoms with Gasteiger partial charge in [0.25, 0.3) is 5.91 Å². The molecule has 0 atom stereocenters. The lowest BCUT2D eigenvalue weighted by molar-refractivity contribution is 0.0989. The van der Waals surface area contributed by atoms with Crippen LogP contribution in [0.4, 0.5) is 10.5 Å². The molecule has 0 aromatic heterocycles. The zero-order chi connectivity index (χ0) is 14.5. The predicted octanol–water partition coefficient (Wildman–Crippen LogP) is 3.02. The second kappa shape index (κ2) is 6.02. The highest BCUT2D eigenvalue weighted by Crippen LogP contribution is 2.18. The van der Waals surface area contributed by atoms with E-state index in [-0.39, 0.29) is 11.9 Å². The Balaban J connectivity index is 2.43. The quantitative estimate of drug-likeness (QED) is 0.840. The average molecular weight is 268 g/mol. The maximum Gasteiger partial charge on any atom is 0.331 e. The van der Waals surface area contributed by atoms with Crippen LogP contribution >= 0.6 is 0 Å². The molecule has 102 valence electrons. The largest absolute Gasteiger partial charge is 0.331 e. The Labute approximate surface area is 118 Å². The molecule has 0 radical (unpaired) electrons. The number of hydrogen-bond acceptors (Lipinski definition) is 2. The zero-order valence-corrected chi connectivity index (χ0v) is 11.5. The molecular weight excluding hydrogens is 252 g/mol. The van der Waals surface area contributed by atoms with E-state index in [2.05, 4.69) is 0 Å². The molecule has 0 aliphatic heterocycles. The van der Waals surface area contributed by atoms with Crippen molar-refractivity contribution in [2.45, 2.75) is 0 Å². The van der Waals surface area contributed by atoms with Crippen LogP contribution in [0.1, 0.15) is 10.4 Å². The predicted molar refractivity (Wildman–Crippen MR) is 78.8 cm³/mol. The molecular formula is C16H16N2O2. The second-order valence-electron chi connectivity index (χ2n) is 4.52. The number of carbonyl (C=O) groups is 2. The van der Waals surface area contributed by atoms with Crippen LogP contribution in [0.2, 0.25) is 0 Å². The normalized spacial score (nSPS) is 9.90. The van der Waals surface area contributed by atoms with E-state index in [1.165, 1.54) is 9.80 Å². The van der Waals surface area contributed by atoms with Crippen LogP contribution in [0, 0.1) is 0 Å². The SMILES string of the molecule is CN(C)C(=O)N(C(=O)c1ccccc1)c1ccccc1. The van der Waals surface area contributed by atoms with Gasteiger partial charge in [-0.25, -0.2) is 9.69 Å². The fraction of sp³-hybridized carbons (Fsp3) is 0.125. The summed E-state index contributed by atoms with van der Waals surface area (Å²) in [4.78, 5) is 27.4. The lowest BCUT2D eigenvalue weighted by Crippen LogP contribution is -2.43. The van der Waals surface area contributed by atoms with Crippen LogP contribution < -0.4 is 4.90 Å². The van der Waals surface area contributed by atoms with Crippen LogP contribution in [0.15, 0.2) is 60.7 Å². The summed E-state index contributed by atoms with van der Waals surface area (Å²) in [6.45, 7) is 0. The minimum absolute atomic E-state index is 0.337. The molecule has 20 heavy (non-hydrogen) atoms. The Morgan fingerprint density at radius 1 is 0.800 bits per heavy atom. The van der Waals surface area contributed by atoms with E-state index in [4.69, 9.17) is 0 Å². The lowest BCUT2D eigenvalue weighted by atomic mass is 10.2. The number of hydrogen-bond donors (Lipinski definition) is 0. The minimum Gasteiger partial charge on any atom is -0.330 e. The number of para-hydroxylation sites is 1. The van der Waals surface area contributed by atoms with Crippen LogP contribution in [0.5, 0.6) is 0 Å². The van der Waals surface area contributed by atoms with Crippen molar-refractivity contribution in [3.63, 3.8) is 0 Å². The van der Waals surface area contributed by atoms with Crippen molar-refractivity contribution in [3.05, 3.63) is 66.2 Å². The summed E-state index contributed by atoms with van der Waals surface area (Å²) in [7, 11) is 3.24. The molecule has 2 aromatic rings. The fourth-order valence-electron chi connectivity index (χ4n) is 1.80. The van der Waals surface area contributed by atoms with Gasteiger partial charge in [0.15, 0.2) is 0 Å². The van der Waals surface area contributed by atoms with E-state index in [1.807, 2.05) is 12.1 Å². The smallest absolute Gasteiger partial charge is 0.330 e. The maximum atomic E-state index is 12.6. The molecule has 2 rings (SSSR count). The van der Waals surface area contributed by atoms with E-state index < -0.39 is 0 Å². The molecule has 4 nitrogen and oxygen atoms in total. The van der Waals surface area contributed by atoms with Gasteiger partial charge in [0.1, 0.15) is 0 Å². The summed E-state index contributed by atoms with van der Waals surface area (Å²) in [5, 5.41) is 0. The van der Waals surface area contributed by atoms with Gasteiger partial charge in [-0.3, -0.25) is 4.79 Å². The highest BCUT2D eigenvalue weighted by molar-refractivity contribution is 6.20. The molecule has 0 aliphatic rings. The van der Waals surface area contributed by atoms with Gasteiger partial charge < -0.3 is 4.90 Å². The second-order valence-corrected chi connectivity index (χ2v) is 4.52. The first-order valence-electron chi connectivity index (χ1n) is 6.27. The topological polar surface area (TPSA) is 40.6 Å². The van der Waals surface area contributed by atoms with E-state index >= 15 is 0 Å². The van der Waals surface area contributed by atoms with Crippen molar-refractivity contribution in [2.24, 2.45) is 0 Å². The van der Waals surface area contributed by atoms with Gasteiger partial charge >= 0.3 is 6.03 Å². The van der Waals surface area contributed by atoms with Crippen LogP contribution in [-0.2, 0) is 0 Å². The van der Waals surface area contributed by atoms with Crippen molar-refractivity contribution in [2.75, 3.05) is 19.0 Å². The number of imide groups is 1. The van der Waals surface area contributed by atoms with Crippen LogP contribution in [-0.4, -0.2) is 30.9 Å². The van der Waals surface area contributed by atoms with Crippen molar-refractivity contribution in [1.82, 2.24) is 4.90 Å². The average Bonchev–Trinajstić information content (AvgIpc) is 2.49. The zero-order valence-electron chi connectivity index (χ0n) is 11.5. The number of anilines is 1. The van der Waals surface area contributed by atoms with Crippen molar-refractivity contribution < 1.29 is 9.59 Å². The molecule has 0 unspecified atom stereocenters. The Morgan fingerprint density at radius 2 is 1.30 bits per heavy atom. The Morgan fingerprint density at radius 3 is 1.80 bits per heavy atom. The minimum atomic E-state index is -0.370. The third-order valence-corrected chi connectivity index (χ3v) is 2.81. The van der Waals surface area contributed by atoms with Crippen LogP contribution in [0.3, 0.4) is 0 Å². The van der Waals surface area contributed by atoms with Crippen LogP contribution in [0.25, 0.3) is 0 Å². The van der Waals surface area contributed by atoms with Crippen molar-refractivity contribution in [1.29, 1.82) is 0 Å². The van der Waals surface area contributed by atoms with Gasteiger partial charge in [-0.15, -0.1) is 0 Å². The summed E-state index contributed by atoms with van der Waals surface area (Å²) in [5.41, 5.74) is 1.03. The monoisotopic (exact) mass is 268 g/mol. The van der Waals surface area contributed by atoms with Crippen molar-refractivity contribution in [3.8, 4) is 0 Å².